The third-order valence-corrected chi connectivity index (χ3v) is 4.60. The number of methoxy groups -OCH3 is 1. The molecule has 23 heavy (non-hydrogen) atoms. The van der Waals surface area contributed by atoms with Crippen molar-refractivity contribution in [2.75, 3.05) is 18.6 Å². The summed E-state index contributed by atoms with van der Waals surface area (Å²) in [7, 11) is 1.30. The fraction of sp³-hybridized carbons (Fsp3) is 0.533. The molecule has 1 saturated heterocycles. The Balaban J connectivity index is 2.01. The summed E-state index contributed by atoms with van der Waals surface area (Å²) < 4.78 is 4.72. The van der Waals surface area contributed by atoms with E-state index >= 15 is 0 Å². The fourth-order valence-electron chi connectivity index (χ4n) is 2.42. The van der Waals surface area contributed by atoms with Gasteiger partial charge in [-0.1, -0.05) is 0 Å². The zero-order chi connectivity index (χ0) is 17.0. The molecule has 2 heterocycles. The van der Waals surface area contributed by atoms with Gasteiger partial charge < -0.3 is 20.7 Å². The van der Waals surface area contributed by atoms with Crippen molar-refractivity contribution in [3.8, 4) is 0 Å². The molecule has 0 bridgehead atoms. The number of esters is 1. The van der Waals surface area contributed by atoms with E-state index in [1.165, 1.54) is 23.3 Å². The zero-order valence-electron chi connectivity index (χ0n) is 13.2. The summed E-state index contributed by atoms with van der Waals surface area (Å²) in [6, 6.07) is 1.03. The van der Waals surface area contributed by atoms with Gasteiger partial charge in [0.05, 0.1) is 12.7 Å². The lowest BCUT2D eigenvalue weighted by atomic mass is 10.1. The van der Waals surface area contributed by atoms with Gasteiger partial charge in [0.25, 0.3) is 0 Å². The van der Waals surface area contributed by atoms with Gasteiger partial charge in [0.1, 0.15) is 11.0 Å². The third kappa shape index (κ3) is 4.08. The van der Waals surface area contributed by atoms with Gasteiger partial charge in [0.15, 0.2) is 0 Å². The molecule has 0 saturated carbocycles. The van der Waals surface area contributed by atoms with Crippen LogP contribution in [0.1, 0.15) is 36.5 Å². The first-order chi connectivity index (χ1) is 10.9. The van der Waals surface area contributed by atoms with Crippen LogP contribution in [0.5, 0.6) is 0 Å². The lowest BCUT2D eigenvalue weighted by Gasteiger charge is -2.17. The van der Waals surface area contributed by atoms with Crippen molar-refractivity contribution >= 4 is 34.1 Å². The quantitative estimate of drug-likeness (QED) is 0.749. The van der Waals surface area contributed by atoms with E-state index in [4.69, 9.17) is 10.5 Å². The number of thiophene rings is 1. The molecule has 1 aliphatic heterocycles. The van der Waals surface area contributed by atoms with Gasteiger partial charge in [-0.05, 0) is 31.2 Å². The summed E-state index contributed by atoms with van der Waals surface area (Å²) in [6.45, 7) is 2.29. The third-order valence-electron chi connectivity index (χ3n) is 3.66. The number of nitrogens with zero attached hydrogens (tertiary/aromatic N) is 1. The number of anilines is 1. The SMILES string of the molecule is COC(=O)c1ccsc1N1CCC(NC(=O)CCC(C)N)C1=O. The maximum atomic E-state index is 12.5. The highest BCUT2D eigenvalue weighted by atomic mass is 32.1. The van der Waals surface area contributed by atoms with E-state index in [1.807, 2.05) is 6.92 Å². The minimum Gasteiger partial charge on any atom is -0.465 e. The lowest BCUT2D eigenvalue weighted by molar-refractivity contribution is -0.126. The van der Waals surface area contributed by atoms with Crippen molar-refractivity contribution in [1.82, 2.24) is 5.32 Å². The highest BCUT2D eigenvalue weighted by Gasteiger charge is 2.36. The molecule has 0 radical (unpaired) electrons. The molecule has 2 rings (SSSR count). The molecular weight excluding hydrogens is 318 g/mol. The van der Waals surface area contributed by atoms with Crippen LogP contribution < -0.4 is 16.0 Å². The number of rotatable bonds is 6. The van der Waals surface area contributed by atoms with E-state index in [0.717, 1.165) is 0 Å². The van der Waals surface area contributed by atoms with Gasteiger partial charge in [-0.2, -0.15) is 0 Å². The van der Waals surface area contributed by atoms with E-state index in [2.05, 4.69) is 5.32 Å². The molecule has 1 fully saturated rings. The highest BCUT2D eigenvalue weighted by molar-refractivity contribution is 7.14. The van der Waals surface area contributed by atoms with Crippen molar-refractivity contribution in [2.24, 2.45) is 5.73 Å². The van der Waals surface area contributed by atoms with Crippen LogP contribution in [0.4, 0.5) is 5.00 Å². The van der Waals surface area contributed by atoms with Gasteiger partial charge in [-0.3, -0.25) is 9.59 Å². The average molecular weight is 339 g/mol. The minimum absolute atomic E-state index is 0.0507. The second-order valence-corrected chi connectivity index (χ2v) is 6.44. The summed E-state index contributed by atoms with van der Waals surface area (Å²) in [4.78, 5) is 37.6. The Morgan fingerprint density at radius 1 is 1.57 bits per heavy atom. The zero-order valence-corrected chi connectivity index (χ0v) is 14.0. The maximum absolute atomic E-state index is 12.5. The average Bonchev–Trinajstić information content (AvgIpc) is 3.12. The van der Waals surface area contributed by atoms with Gasteiger partial charge >= 0.3 is 5.97 Å². The van der Waals surface area contributed by atoms with Gasteiger partial charge in [0, 0.05) is 19.0 Å². The normalized spacial score (nSPS) is 18.8. The van der Waals surface area contributed by atoms with E-state index in [9.17, 15) is 14.4 Å². The number of hydrogen-bond donors (Lipinski definition) is 2. The van der Waals surface area contributed by atoms with E-state index < -0.39 is 12.0 Å². The molecular formula is C15H21N3O4S. The number of hydrogen-bond acceptors (Lipinski definition) is 6. The molecule has 3 N–H and O–H groups in total. The Labute approximate surface area is 138 Å². The molecule has 1 aromatic heterocycles. The number of nitrogens with two attached hydrogens (primary N) is 1. The highest BCUT2D eigenvalue weighted by Crippen LogP contribution is 2.31. The van der Waals surface area contributed by atoms with Crippen molar-refractivity contribution in [2.45, 2.75) is 38.3 Å². The first-order valence-corrected chi connectivity index (χ1v) is 8.34. The molecule has 0 spiro atoms. The summed E-state index contributed by atoms with van der Waals surface area (Å²) in [5, 5.41) is 5.04. The molecule has 2 atom stereocenters. The monoisotopic (exact) mass is 339 g/mol. The summed E-state index contributed by atoms with van der Waals surface area (Å²) in [6.07, 6.45) is 1.39. The molecule has 7 nitrogen and oxygen atoms in total. The molecule has 0 aromatic carbocycles. The van der Waals surface area contributed by atoms with Crippen molar-refractivity contribution in [3.05, 3.63) is 17.0 Å². The lowest BCUT2D eigenvalue weighted by Crippen LogP contribution is -2.41. The molecule has 0 aliphatic carbocycles. The number of ether oxygens (including phenoxy) is 1. The van der Waals surface area contributed by atoms with Crippen LogP contribution in [0.15, 0.2) is 11.4 Å². The number of carbonyl (C=O) groups excluding carboxylic acids is 3. The fourth-order valence-corrected chi connectivity index (χ4v) is 3.34. The van der Waals surface area contributed by atoms with Gasteiger partial charge in [-0.25, -0.2) is 4.79 Å². The molecule has 126 valence electrons. The van der Waals surface area contributed by atoms with Crippen LogP contribution in [0.2, 0.25) is 0 Å². The first-order valence-electron chi connectivity index (χ1n) is 7.46. The van der Waals surface area contributed by atoms with Crippen molar-refractivity contribution in [1.29, 1.82) is 0 Å². The topological polar surface area (TPSA) is 102 Å². The minimum atomic E-state index is -0.553. The maximum Gasteiger partial charge on any atom is 0.340 e. The molecule has 2 amide bonds. The predicted molar refractivity (Wildman–Crippen MR) is 87.4 cm³/mol. The molecule has 2 unspecified atom stereocenters. The number of amides is 2. The predicted octanol–water partition coefficient (Wildman–Crippen LogP) is 0.884. The van der Waals surface area contributed by atoms with Crippen LogP contribution >= 0.6 is 11.3 Å². The molecule has 8 heteroatoms. The van der Waals surface area contributed by atoms with Crippen molar-refractivity contribution < 1.29 is 19.1 Å². The summed E-state index contributed by atoms with van der Waals surface area (Å²) in [5.74, 6) is -0.855. The van der Waals surface area contributed by atoms with Crippen molar-refractivity contribution in [3.63, 3.8) is 0 Å². The van der Waals surface area contributed by atoms with Gasteiger partial charge in [-0.15, -0.1) is 11.3 Å². The smallest absolute Gasteiger partial charge is 0.340 e. The van der Waals surface area contributed by atoms with Crippen LogP contribution in [0, 0.1) is 0 Å². The Morgan fingerprint density at radius 2 is 2.30 bits per heavy atom. The number of carbonyl (C=O) groups is 3. The van der Waals surface area contributed by atoms with E-state index in [0.29, 0.717) is 36.4 Å². The standard InChI is InChI=1S/C15H21N3O4S/c1-9(16)3-4-12(19)17-11-5-7-18(13(11)20)14-10(6-8-23-14)15(21)22-2/h6,8-9,11H,3-5,7,16H2,1-2H3,(H,17,19). The Kier molecular flexibility index (Phi) is 5.73. The van der Waals surface area contributed by atoms with Crippen LogP contribution in [-0.2, 0) is 14.3 Å². The van der Waals surface area contributed by atoms with Crippen LogP contribution in [-0.4, -0.2) is 43.5 Å². The molecule has 1 aromatic rings. The van der Waals surface area contributed by atoms with E-state index in [1.54, 1.807) is 11.4 Å². The Bertz CT molecular complexity index is 599. The van der Waals surface area contributed by atoms with Crippen LogP contribution in [0.3, 0.4) is 0 Å². The summed E-state index contributed by atoms with van der Waals surface area (Å²) >= 11 is 1.30. The Morgan fingerprint density at radius 3 is 2.96 bits per heavy atom. The number of nitrogens with one attached hydrogen (secondary N) is 1. The second-order valence-electron chi connectivity index (χ2n) is 5.55. The molecule has 1 aliphatic rings. The van der Waals surface area contributed by atoms with Gasteiger partial charge in [0.2, 0.25) is 11.8 Å². The summed E-state index contributed by atoms with van der Waals surface area (Å²) in [5.41, 5.74) is 5.99. The van der Waals surface area contributed by atoms with E-state index in [-0.39, 0.29) is 17.9 Å². The van der Waals surface area contributed by atoms with Crippen LogP contribution in [0.25, 0.3) is 0 Å². The second kappa shape index (κ2) is 7.56. The largest absolute Gasteiger partial charge is 0.465 e. The first kappa shape index (κ1) is 17.4. The Hall–Kier alpha value is -1.93.